The van der Waals surface area contributed by atoms with Gasteiger partial charge in [0, 0.05) is 13.6 Å². The molecular formula is C8H14N2O2. The molecule has 2 saturated heterocycles. The second kappa shape index (κ2) is 2.71. The van der Waals surface area contributed by atoms with Crippen molar-refractivity contribution in [3.8, 4) is 0 Å². The highest BCUT2D eigenvalue weighted by atomic mass is 16.5. The molecule has 2 aliphatic rings. The lowest BCUT2D eigenvalue weighted by Gasteiger charge is -2.41. The fraction of sp³-hybridized carbons (Fsp3) is 0.875. The van der Waals surface area contributed by atoms with Crippen LogP contribution in [0.2, 0.25) is 0 Å². The molecule has 1 atom stereocenters. The van der Waals surface area contributed by atoms with Gasteiger partial charge in [-0.2, -0.15) is 0 Å². The summed E-state index contributed by atoms with van der Waals surface area (Å²) in [6.07, 6.45) is 1.01. The van der Waals surface area contributed by atoms with Crippen LogP contribution in [0.3, 0.4) is 0 Å². The Morgan fingerprint density at radius 3 is 3.17 bits per heavy atom. The molecule has 0 aromatic carbocycles. The first-order valence-corrected chi connectivity index (χ1v) is 4.30. The molecule has 0 radical (unpaired) electrons. The maximum absolute atomic E-state index is 11.3. The number of rotatable bonds is 0. The molecule has 1 unspecified atom stereocenters. The van der Waals surface area contributed by atoms with Gasteiger partial charge in [0.05, 0.1) is 12.1 Å². The molecule has 4 nitrogen and oxygen atoms in total. The fourth-order valence-corrected chi connectivity index (χ4v) is 1.93. The molecule has 4 heteroatoms. The van der Waals surface area contributed by atoms with Crippen molar-refractivity contribution in [1.82, 2.24) is 10.2 Å². The van der Waals surface area contributed by atoms with Crippen molar-refractivity contribution >= 4 is 5.91 Å². The number of amides is 1. The van der Waals surface area contributed by atoms with E-state index in [9.17, 15) is 4.79 Å². The number of nitrogens with one attached hydrogen (secondary N) is 1. The van der Waals surface area contributed by atoms with Gasteiger partial charge in [-0.15, -0.1) is 0 Å². The average Bonchev–Trinajstić information content (AvgIpc) is 2.50. The SMILES string of the molecule is CN1C(=O)COCC12CCNC2. The maximum atomic E-state index is 11.3. The molecule has 68 valence electrons. The molecule has 2 fully saturated rings. The largest absolute Gasteiger partial charge is 0.369 e. The molecule has 1 spiro atoms. The van der Waals surface area contributed by atoms with Crippen molar-refractivity contribution in [2.24, 2.45) is 0 Å². The van der Waals surface area contributed by atoms with Crippen LogP contribution in [0.15, 0.2) is 0 Å². The Hall–Kier alpha value is -0.610. The van der Waals surface area contributed by atoms with Crippen molar-refractivity contribution in [3.05, 3.63) is 0 Å². The van der Waals surface area contributed by atoms with Crippen molar-refractivity contribution in [2.75, 3.05) is 33.4 Å². The molecular weight excluding hydrogens is 156 g/mol. The molecule has 1 N–H and O–H groups in total. The standard InChI is InChI=1S/C8H14N2O2/c1-10-7(11)4-12-6-8(10)2-3-9-5-8/h9H,2-6H2,1H3. The van der Waals surface area contributed by atoms with Gasteiger partial charge in [0.1, 0.15) is 6.61 Å². The molecule has 0 aromatic heterocycles. The van der Waals surface area contributed by atoms with E-state index in [1.54, 1.807) is 0 Å². The Morgan fingerprint density at radius 1 is 1.67 bits per heavy atom. The number of likely N-dealkylation sites (N-methyl/N-ethyl adjacent to an activating group) is 1. The molecule has 0 aliphatic carbocycles. The third kappa shape index (κ3) is 1.03. The number of hydrogen-bond acceptors (Lipinski definition) is 3. The Morgan fingerprint density at radius 2 is 2.50 bits per heavy atom. The van der Waals surface area contributed by atoms with Crippen LogP contribution in [0, 0.1) is 0 Å². The number of carbonyl (C=O) groups excluding carboxylic acids is 1. The molecule has 0 bridgehead atoms. The third-order valence-corrected chi connectivity index (χ3v) is 2.90. The van der Waals surface area contributed by atoms with Gasteiger partial charge in [-0.1, -0.05) is 0 Å². The summed E-state index contributed by atoms with van der Waals surface area (Å²) in [5.74, 6) is 0.102. The van der Waals surface area contributed by atoms with Crippen LogP contribution >= 0.6 is 0 Å². The quantitative estimate of drug-likeness (QED) is 0.518. The number of ether oxygens (including phenoxy) is 1. The monoisotopic (exact) mass is 170 g/mol. The molecule has 2 aliphatic heterocycles. The first-order chi connectivity index (χ1) is 5.75. The van der Waals surface area contributed by atoms with Crippen molar-refractivity contribution in [3.63, 3.8) is 0 Å². The van der Waals surface area contributed by atoms with E-state index in [1.807, 2.05) is 11.9 Å². The third-order valence-electron chi connectivity index (χ3n) is 2.90. The molecule has 12 heavy (non-hydrogen) atoms. The van der Waals surface area contributed by atoms with Gasteiger partial charge in [-0.05, 0) is 13.0 Å². The minimum Gasteiger partial charge on any atom is -0.369 e. The predicted molar refractivity (Wildman–Crippen MR) is 43.8 cm³/mol. The normalized spacial score (nSPS) is 36.4. The highest BCUT2D eigenvalue weighted by Crippen LogP contribution is 2.25. The number of nitrogens with zero attached hydrogens (tertiary/aromatic N) is 1. The van der Waals surface area contributed by atoms with Gasteiger partial charge >= 0.3 is 0 Å². The summed E-state index contributed by atoms with van der Waals surface area (Å²) < 4.78 is 5.26. The van der Waals surface area contributed by atoms with Gasteiger partial charge in [0.2, 0.25) is 5.91 Å². The van der Waals surface area contributed by atoms with E-state index in [0.717, 1.165) is 19.5 Å². The summed E-state index contributed by atoms with van der Waals surface area (Å²) in [7, 11) is 1.87. The lowest BCUT2D eigenvalue weighted by atomic mass is 9.96. The first-order valence-electron chi connectivity index (χ1n) is 4.30. The minimum atomic E-state index is -0.0463. The smallest absolute Gasteiger partial charge is 0.248 e. The van der Waals surface area contributed by atoms with Crippen LogP contribution in [0.4, 0.5) is 0 Å². The predicted octanol–water partition coefficient (Wildman–Crippen LogP) is -0.793. The summed E-state index contributed by atoms with van der Waals surface area (Å²) in [5.41, 5.74) is -0.0463. The maximum Gasteiger partial charge on any atom is 0.248 e. The second-order valence-electron chi connectivity index (χ2n) is 3.60. The van der Waals surface area contributed by atoms with Crippen LogP contribution in [0.1, 0.15) is 6.42 Å². The van der Waals surface area contributed by atoms with Gasteiger partial charge in [0.25, 0.3) is 0 Å². The highest BCUT2D eigenvalue weighted by molar-refractivity contribution is 5.78. The summed E-state index contributed by atoms with van der Waals surface area (Å²) in [5, 5.41) is 3.26. The van der Waals surface area contributed by atoms with Crippen LogP contribution < -0.4 is 5.32 Å². The minimum absolute atomic E-state index is 0.0463. The zero-order valence-corrected chi connectivity index (χ0v) is 7.30. The molecule has 0 saturated carbocycles. The Bertz CT molecular complexity index is 199. The van der Waals surface area contributed by atoms with Crippen molar-refractivity contribution < 1.29 is 9.53 Å². The van der Waals surface area contributed by atoms with Gasteiger partial charge in [-0.25, -0.2) is 0 Å². The molecule has 0 aromatic rings. The first kappa shape index (κ1) is 8.01. The topological polar surface area (TPSA) is 41.6 Å². The van der Waals surface area contributed by atoms with Crippen molar-refractivity contribution in [2.45, 2.75) is 12.0 Å². The number of hydrogen-bond donors (Lipinski definition) is 1. The molecule has 2 heterocycles. The summed E-state index contributed by atoms with van der Waals surface area (Å²) in [6.45, 7) is 2.79. The average molecular weight is 170 g/mol. The lowest BCUT2D eigenvalue weighted by molar-refractivity contribution is -0.153. The van der Waals surface area contributed by atoms with Crippen LogP contribution in [0.25, 0.3) is 0 Å². The van der Waals surface area contributed by atoms with E-state index in [1.165, 1.54) is 0 Å². The summed E-state index contributed by atoms with van der Waals surface area (Å²) >= 11 is 0. The van der Waals surface area contributed by atoms with Crippen LogP contribution in [0.5, 0.6) is 0 Å². The van der Waals surface area contributed by atoms with Crippen LogP contribution in [-0.2, 0) is 9.53 Å². The highest BCUT2D eigenvalue weighted by Gasteiger charge is 2.43. The van der Waals surface area contributed by atoms with Crippen molar-refractivity contribution in [1.29, 1.82) is 0 Å². The Labute approximate surface area is 71.9 Å². The lowest BCUT2D eigenvalue weighted by Crippen LogP contribution is -2.58. The second-order valence-corrected chi connectivity index (χ2v) is 3.60. The van der Waals surface area contributed by atoms with E-state index in [-0.39, 0.29) is 18.1 Å². The van der Waals surface area contributed by atoms with Gasteiger partial charge < -0.3 is 15.0 Å². The summed E-state index contributed by atoms with van der Waals surface area (Å²) in [4.78, 5) is 13.2. The number of carbonyl (C=O) groups is 1. The number of morpholine rings is 1. The van der Waals surface area contributed by atoms with E-state index in [2.05, 4.69) is 5.32 Å². The van der Waals surface area contributed by atoms with E-state index in [0.29, 0.717) is 6.61 Å². The van der Waals surface area contributed by atoms with E-state index < -0.39 is 0 Å². The molecule has 1 amide bonds. The zero-order chi connectivity index (χ0) is 8.60. The van der Waals surface area contributed by atoms with E-state index >= 15 is 0 Å². The Kier molecular flexibility index (Phi) is 1.81. The van der Waals surface area contributed by atoms with Crippen LogP contribution in [-0.4, -0.2) is 49.7 Å². The Balaban J connectivity index is 2.17. The fourth-order valence-electron chi connectivity index (χ4n) is 1.93. The van der Waals surface area contributed by atoms with Gasteiger partial charge in [0.15, 0.2) is 0 Å². The zero-order valence-electron chi connectivity index (χ0n) is 7.30. The van der Waals surface area contributed by atoms with Gasteiger partial charge in [-0.3, -0.25) is 4.79 Å². The summed E-state index contributed by atoms with van der Waals surface area (Å²) in [6, 6.07) is 0. The molecule has 2 rings (SSSR count). The van der Waals surface area contributed by atoms with E-state index in [4.69, 9.17) is 4.74 Å².